The fourth-order valence-corrected chi connectivity index (χ4v) is 8.68. The minimum atomic E-state index is -1.63. The van der Waals surface area contributed by atoms with Crippen molar-refractivity contribution in [3.05, 3.63) is 47.5 Å². The molecule has 3 fully saturated rings. The smallest absolute Gasteiger partial charge is 0.335 e. The molecule has 3 aliphatic carbocycles. The molecule has 2 saturated carbocycles. The molecular weight excluding hydrogens is 528 g/mol. The Labute approximate surface area is 240 Å². The lowest BCUT2D eigenvalue weighted by molar-refractivity contribution is -0.208. The molecule has 4 aliphatic rings. The van der Waals surface area contributed by atoms with Crippen molar-refractivity contribution in [1.82, 2.24) is 0 Å². The van der Waals surface area contributed by atoms with Gasteiger partial charge in [-0.3, -0.25) is 9.59 Å². The van der Waals surface area contributed by atoms with Crippen LogP contribution in [0.25, 0.3) is 0 Å². The quantitative estimate of drug-likeness (QED) is 0.236. The number of fused-ring (bicyclic) bond motifs is 6. The fraction of sp³-hybridized carbons (Fsp3) is 0.625. The van der Waals surface area contributed by atoms with E-state index in [4.69, 9.17) is 18.6 Å². The third kappa shape index (κ3) is 4.14. The van der Waals surface area contributed by atoms with Crippen LogP contribution >= 0.6 is 0 Å². The molecule has 2 bridgehead atoms. The number of ether oxygens (including phenoxy) is 3. The Morgan fingerprint density at radius 2 is 1.88 bits per heavy atom. The van der Waals surface area contributed by atoms with E-state index >= 15 is 0 Å². The van der Waals surface area contributed by atoms with Crippen LogP contribution < -0.4 is 0 Å². The number of aliphatic hydroxyl groups is 1. The minimum absolute atomic E-state index is 0.139. The van der Waals surface area contributed by atoms with Gasteiger partial charge in [-0.2, -0.15) is 0 Å². The molecule has 2 heterocycles. The number of rotatable bonds is 5. The summed E-state index contributed by atoms with van der Waals surface area (Å²) in [6, 6.07) is 1.80. The Hall–Kier alpha value is -3.20. The first-order valence-corrected chi connectivity index (χ1v) is 14.3. The van der Waals surface area contributed by atoms with Crippen LogP contribution in [0.5, 0.6) is 0 Å². The maximum atomic E-state index is 14.5. The highest BCUT2D eigenvalue weighted by Gasteiger charge is 2.70. The average molecular weight is 569 g/mol. The third-order valence-electron chi connectivity index (χ3n) is 10.8. The van der Waals surface area contributed by atoms with Gasteiger partial charge in [-0.05, 0) is 44.6 Å². The van der Waals surface area contributed by atoms with Crippen molar-refractivity contribution in [3.8, 4) is 0 Å². The molecule has 1 aliphatic heterocycles. The van der Waals surface area contributed by atoms with Crippen molar-refractivity contribution >= 4 is 23.7 Å². The van der Waals surface area contributed by atoms with Gasteiger partial charge in [0.1, 0.15) is 18.0 Å². The Kier molecular flexibility index (Phi) is 7.12. The maximum Gasteiger partial charge on any atom is 0.335 e. The zero-order chi connectivity index (χ0) is 30.1. The van der Waals surface area contributed by atoms with Gasteiger partial charge in [-0.25, -0.2) is 9.59 Å². The van der Waals surface area contributed by atoms with Crippen molar-refractivity contribution in [2.24, 2.45) is 39.9 Å². The number of furan rings is 1. The molecule has 0 spiro atoms. The number of hydrogen-bond donors (Lipinski definition) is 1. The topological polar surface area (TPSA) is 129 Å². The Balaban J connectivity index is 1.69. The van der Waals surface area contributed by atoms with Crippen LogP contribution in [0.1, 0.15) is 72.5 Å². The summed E-state index contributed by atoms with van der Waals surface area (Å²) in [4.78, 5) is 53.4. The number of carbonyl (C=O) groups excluding carboxylic acids is 4. The number of carbonyl (C=O) groups is 4. The predicted octanol–water partition coefficient (Wildman–Crippen LogP) is 4.50. The number of Topliss-reactive ketones (excluding diaryl/α,β-unsaturated/α-hetero) is 1. The fourth-order valence-electron chi connectivity index (χ4n) is 8.68. The zero-order valence-electron chi connectivity index (χ0n) is 24.8. The van der Waals surface area contributed by atoms with Crippen LogP contribution in [-0.4, -0.2) is 48.1 Å². The highest BCUT2D eigenvalue weighted by atomic mass is 16.6. The van der Waals surface area contributed by atoms with Crippen molar-refractivity contribution in [1.29, 1.82) is 0 Å². The summed E-state index contributed by atoms with van der Waals surface area (Å²) in [7, 11) is 1.20. The second-order valence-corrected chi connectivity index (χ2v) is 13.2. The Bertz CT molecular complexity index is 1320. The molecule has 1 aromatic heterocycles. The van der Waals surface area contributed by atoms with Crippen LogP contribution in [0, 0.1) is 39.9 Å². The van der Waals surface area contributed by atoms with Crippen molar-refractivity contribution < 1.29 is 42.9 Å². The summed E-state index contributed by atoms with van der Waals surface area (Å²) in [5.41, 5.74) is -0.563. The number of allylic oxidation sites excluding steroid dienone is 2. The van der Waals surface area contributed by atoms with Gasteiger partial charge in [0.25, 0.3) is 0 Å². The van der Waals surface area contributed by atoms with Gasteiger partial charge in [0.2, 0.25) is 0 Å². The van der Waals surface area contributed by atoms with Crippen LogP contribution in [0.2, 0.25) is 0 Å². The minimum Gasteiger partial charge on any atom is -0.472 e. The highest BCUT2D eigenvalue weighted by Crippen LogP contribution is 2.68. The molecule has 1 aromatic rings. The number of aliphatic hydroxyl groups excluding tert-OH is 1. The largest absolute Gasteiger partial charge is 0.472 e. The Morgan fingerprint density at radius 1 is 1.17 bits per heavy atom. The van der Waals surface area contributed by atoms with Gasteiger partial charge in [0.05, 0.1) is 32.0 Å². The van der Waals surface area contributed by atoms with Gasteiger partial charge in [0.15, 0.2) is 6.10 Å². The molecule has 0 aromatic carbocycles. The number of cyclic esters (lactones) is 1. The molecule has 222 valence electrons. The predicted molar refractivity (Wildman–Crippen MR) is 146 cm³/mol. The molecule has 0 amide bonds. The first kappa shape index (κ1) is 29.3. The monoisotopic (exact) mass is 568 g/mol. The second kappa shape index (κ2) is 9.96. The van der Waals surface area contributed by atoms with E-state index < -0.39 is 58.3 Å². The molecule has 6 unspecified atom stereocenters. The van der Waals surface area contributed by atoms with E-state index in [2.05, 4.69) is 6.92 Å². The molecule has 9 nitrogen and oxygen atoms in total. The summed E-state index contributed by atoms with van der Waals surface area (Å²) in [6.07, 6.45) is 4.96. The SMILES string of the molecule is C/C=C(\C)C(=O)OC1[C@@H]2C=C3C4CC(=O)OC(c5ccoc5)[C@]4(C)CCC3[C@@](C)(C2=O)C(C(O)C(=O)OC)C1(C)C. The van der Waals surface area contributed by atoms with Crippen LogP contribution in [0.15, 0.2) is 46.3 Å². The first-order valence-electron chi connectivity index (χ1n) is 14.3. The van der Waals surface area contributed by atoms with Crippen LogP contribution in [0.4, 0.5) is 0 Å². The van der Waals surface area contributed by atoms with Gasteiger partial charge < -0.3 is 23.7 Å². The Morgan fingerprint density at radius 3 is 2.49 bits per heavy atom. The van der Waals surface area contributed by atoms with E-state index in [1.807, 2.05) is 26.8 Å². The first-order chi connectivity index (χ1) is 19.2. The molecule has 0 radical (unpaired) electrons. The normalized spacial score (nSPS) is 38.5. The van der Waals surface area contributed by atoms with E-state index in [1.165, 1.54) is 7.11 Å². The van der Waals surface area contributed by atoms with Gasteiger partial charge >= 0.3 is 17.9 Å². The summed E-state index contributed by atoms with van der Waals surface area (Å²) in [6.45, 7) is 11.0. The average Bonchev–Trinajstić information content (AvgIpc) is 3.46. The van der Waals surface area contributed by atoms with Crippen molar-refractivity contribution in [2.45, 2.75) is 79.1 Å². The van der Waals surface area contributed by atoms with E-state index in [0.29, 0.717) is 18.4 Å². The number of ketones is 1. The van der Waals surface area contributed by atoms with Crippen LogP contribution in [0.3, 0.4) is 0 Å². The van der Waals surface area contributed by atoms with E-state index in [1.54, 1.807) is 38.5 Å². The molecular formula is C32H40O9. The van der Waals surface area contributed by atoms with E-state index in [0.717, 1.165) is 11.1 Å². The molecule has 1 N–H and O–H groups in total. The lowest BCUT2D eigenvalue weighted by Gasteiger charge is -2.64. The summed E-state index contributed by atoms with van der Waals surface area (Å²) in [5.74, 6) is -4.27. The molecule has 9 heteroatoms. The standard InChI is InChI=1S/C32H40O9/c1-8-16(2)28(36)41-27-19-13-18-20(32(6,25(19)35)24(30(27,3)4)23(34)29(37)38-7)9-11-31(5)21(18)14-22(33)40-26(31)17-10-12-39-15-17/h8,10,12-13,15,19-21,23-24,26-27,34H,9,11,14H2,1-7H3/b16-8+/t19-,20?,21?,23?,24?,26?,27?,31-,32-/m1/s1. The lowest BCUT2D eigenvalue weighted by Crippen LogP contribution is -2.69. The summed E-state index contributed by atoms with van der Waals surface area (Å²) in [5, 5.41) is 11.5. The van der Waals surface area contributed by atoms with E-state index in [9.17, 15) is 24.3 Å². The number of hydrogen-bond acceptors (Lipinski definition) is 9. The lowest BCUT2D eigenvalue weighted by atomic mass is 9.40. The number of esters is 3. The zero-order valence-corrected chi connectivity index (χ0v) is 24.8. The van der Waals surface area contributed by atoms with Gasteiger partial charge in [-0.1, -0.05) is 45.4 Å². The highest BCUT2D eigenvalue weighted by molar-refractivity contribution is 5.95. The maximum absolute atomic E-state index is 14.5. The van der Waals surface area contributed by atoms with Gasteiger partial charge in [-0.15, -0.1) is 0 Å². The van der Waals surface area contributed by atoms with Crippen molar-refractivity contribution in [2.75, 3.05) is 7.11 Å². The number of methoxy groups -OCH3 is 1. The summed E-state index contributed by atoms with van der Waals surface area (Å²) < 4.78 is 22.2. The van der Waals surface area contributed by atoms with E-state index in [-0.39, 0.29) is 30.0 Å². The van der Waals surface area contributed by atoms with Gasteiger partial charge in [0, 0.05) is 33.3 Å². The summed E-state index contributed by atoms with van der Waals surface area (Å²) >= 11 is 0. The molecule has 9 atom stereocenters. The molecule has 41 heavy (non-hydrogen) atoms. The van der Waals surface area contributed by atoms with Crippen molar-refractivity contribution in [3.63, 3.8) is 0 Å². The third-order valence-corrected chi connectivity index (χ3v) is 10.8. The molecule has 1 saturated heterocycles. The van der Waals surface area contributed by atoms with Crippen LogP contribution in [-0.2, 0) is 33.4 Å². The molecule has 5 rings (SSSR count). The second-order valence-electron chi connectivity index (χ2n) is 13.2.